The lowest BCUT2D eigenvalue weighted by molar-refractivity contribution is 0.522. The van der Waals surface area contributed by atoms with Crippen molar-refractivity contribution in [1.29, 1.82) is 0 Å². The lowest BCUT2D eigenvalue weighted by Gasteiger charge is -2.16. The molecule has 0 fully saturated rings. The van der Waals surface area contributed by atoms with Gasteiger partial charge in [0.15, 0.2) is 0 Å². The first kappa shape index (κ1) is 14.7. The Bertz CT molecular complexity index is 774. The summed E-state index contributed by atoms with van der Waals surface area (Å²) in [6.45, 7) is 4.21. The highest BCUT2D eigenvalue weighted by Crippen LogP contribution is 2.36. The molecule has 0 radical (unpaired) electrons. The Kier molecular flexibility index (Phi) is 4.09. The summed E-state index contributed by atoms with van der Waals surface area (Å²) in [7, 11) is 0. The van der Waals surface area contributed by atoms with Crippen LogP contribution in [0.1, 0.15) is 24.3 Å². The molecule has 1 atom stereocenters. The molecule has 0 aliphatic carbocycles. The van der Waals surface area contributed by atoms with Crippen molar-refractivity contribution >= 4 is 48.5 Å². The Morgan fingerprint density at radius 1 is 1.00 bits per heavy atom. The topological polar surface area (TPSA) is 25.2 Å². The van der Waals surface area contributed by atoms with Crippen LogP contribution in [0, 0.1) is 6.92 Å². The molecule has 0 aliphatic rings. The number of aryl methyl sites for hydroxylation is 1. The molecule has 0 amide bonds. The van der Waals surface area contributed by atoms with Gasteiger partial charge in [-0.2, -0.15) is 0 Å². The lowest BCUT2D eigenvalue weighted by Crippen LogP contribution is -2.07. The molecule has 4 heteroatoms. The second-order valence-electron chi connectivity index (χ2n) is 5.05. The van der Waals surface area contributed by atoms with E-state index >= 15 is 0 Å². The molecule has 0 bridgehead atoms. The van der Waals surface area contributed by atoms with E-state index in [1.54, 1.807) is 0 Å². The van der Waals surface area contributed by atoms with Gasteiger partial charge in [-0.25, -0.2) is 0 Å². The van der Waals surface area contributed by atoms with Crippen molar-refractivity contribution in [3.63, 3.8) is 0 Å². The van der Waals surface area contributed by atoms with Gasteiger partial charge in [0.25, 0.3) is 0 Å². The molecule has 2 nitrogen and oxygen atoms in total. The van der Waals surface area contributed by atoms with Crippen LogP contribution in [0.25, 0.3) is 11.0 Å². The van der Waals surface area contributed by atoms with E-state index in [0.29, 0.717) is 0 Å². The fourth-order valence-electron chi connectivity index (χ4n) is 2.52. The van der Waals surface area contributed by atoms with Gasteiger partial charge in [-0.05, 0) is 63.9 Å². The van der Waals surface area contributed by atoms with Crippen LogP contribution in [0.2, 0.25) is 0 Å². The number of fused-ring (bicyclic) bond motifs is 1. The van der Waals surface area contributed by atoms with Gasteiger partial charge >= 0.3 is 0 Å². The van der Waals surface area contributed by atoms with Crippen molar-refractivity contribution in [2.24, 2.45) is 0 Å². The summed E-state index contributed by atoms with van der Waals surface area (Å²) in [6, 6.07) is 14.3. The highest BCUT2D eigenvalue weighted by Gasteiger charge is 2.17. The van der Waals surface area contributed by atoms with E-state index in [1.807, 2.05) is 36.4 Å². The fourth-order valence-corrected chi connectivity index (χ4v) is 3.75. The number of hydrogen-bond acceptors (Lipinski definition) is 2. The number of nitrogens with one attached hydrogen (secondary N) is 1. The molecule has 0 aliphatic heterocycles. The molecule has 0 spiro atoms. The van der Waals surface area contributed by atoms with E-state index in [-0.39, 0.29) is 6.04 Å². The van der Waals surface area contributed by atoms with Crippen molar-refractivity contribution in [3.05, 3.63) is 62.7 Å². The monoisotopic (exact) mass is 407 g/mol. The summed E-state index contributed by atoms with van der Waals surface area (Å²) < 4.78 is 8.07. The zero-order chi connectivity index (χ0) is 15.0. The molecule has 21 heavy (non-hydrogen) atoms. The molecule has 0 saturated carbocycles. The van der Waals surface area contributed by atoms with E-state index < -0.39 is 0 Å². The maximum atomic E-state index is 6.02. The van der Waals surface area contributed by atoms with Crippen LogP contribution in [0.4, 0.5) is 5.69 Å². The van der Waals surface area contributed by atoms with E-state index in [9.17, 15) is 0 Å². The van der Waals surface area contributed by atoms with Gasteiger partial charge in [0.2, 0.25) is 0 Å². The summed E-state index contributed by atoms with van der Waals surface area (Å²) in [5.41, 5.74) is 3.16. The Hall–Kier alpha value is -1.26. The zero-order valence-electron chi connectivity index (χ0n) is 11.8. The van der Waals surface area contributed by atoms with Gasteiger partial charge in [-0.3, -0.25) is 0 Å². The van der Waals surface area contributed by atoms with Crippen molar-refractivity contribution in [2.45, 2.75) is 19.9 Å². The zero-order valence-corrected chi connectivity index (χ0v) is 15.0. The number of halogens is 2. The SMILES string of the molecule is Cc1c(C(C)Nc2c(Br)cccc2Br)oc2ccccc12. The van der Waals surface area contributed by atoms with Crippen LogP contribution >= 0.6 is 31.9 Å². The van der Waals surface area contributed by atoms with E-state index in [4.69, 9.17) is 4.42 Å². The Labute approximate surface area is 140 Å². The molecule has 1 heterocycles. The Morgan fingerprint density at radius 2 is 1.67 bits per heavy atom. The quantitative estimate of drug-likeness (QED) is 0.539. The highest BCUT2D eigenvalue weighted by atomic mass is 79.9. The maximum absolute atomic E-state index is 6.02. The molecule has 1 N–H and O–H groups in total. The summed E-state index contributed by atoms with van der Waals surface area (Å²) in [5, 5.41) is 4.68. The van der Waals surface area contributed by atoms with Crippen LogP contribution in [-0.2, 0) is 0 Å². The predicted octanol–water partition coefficient (Wildman–Crippen LogP) is 6.44. The molecular formula is C17H15Br2NO. The molecule has 0 saturated heterocycles. The molecule has 3 aromatic rings. The Morgan fingerprint density at radius 3 is 2.33 bits per heavy atom. The third kappa shape index (κ3) is 2.74. The molecule has 3 rings (SSSR count). The average Bonchev–Trinajstić information content (AvgIpc) is 2.81. The molecule has 1 unspecified atom stereocenters. The minimum atomic E-state index is 0.0763. The fraction of sp³-hybridized carbons (Fsp3) is 0.176. The summed E-state index contributed by atoms with van der Waals surface area (Å²) in [4.78, 5) is 0. The minimum Gasteiger partial charge on any atom is -0.459 e. The first-order valence-electron chi connectivity index (χ1n) is 6.76. The largest absolute Gasteiger partial charge is 0.459 e. The summed E-state index contributed by atoms with van der Waals surface area (Å²) >= 11 is 7.16. The average molecular weight is 409 g/mol. The van der Waals surface area contributed by atoms with Crippen LogP contribution < -0.4 is 5.32 Å². The van der Waals surface area contributed by atoms with Crippen LogP contribution in [0.15, 0.2) is 55.8 Å². The van der Waals surface area contributed by atoms with Crippen LogP contribution in [-0.4, -0.2) is 0 Å². The third-order valence-corrected chi connectivity index (χ3v) is 4.92. The number of hydrogen-bond donors (Lipinski definition) is 1. The van der Waals surface area contributed by atoms with Crippen LogP contribution in [0.5, 0.6) is 0 Å². The summed E-state index contributed by atoms with van der Waals surface area (Å²) in [6.07, 6.45) is 0. The number of rotatable bonds is 3. The Balaban J connectivity index is 1.97. The van der Waals surface area contributed by atoms with Gasteiger partial charge in [0, 0.05) is 19.9 Å². The summed E-state index contributed by atoms with van der Waals surface area (Å²) in [5.74, 6) is 0.971. The van der Waals surface area contributed by atoms with Crippen molar-refractivity contribution < 1.29 is 4.42 Å². The van der Waals surface area contributed by atoms with E-state index in [0.717, 1.165) is 26.0 Å². The first-order valence-corrected chi connectivity index (χ1v) is 8.35. The van der Waals surface area contributed by atoms with Gasteiger partial charge in [0.05, 0.1) is 11.7 Å². The molecule has 2 aromatic carbocycles. The van der Waals surface area contributed by atoms with Gasteiger partial charge in [-0.1, -0.05) is 24.3 Å². The number of furan rings is 1. The smallest absolute Gasteiger partial charge is 0.134 e. The lowest BCUT2D eigenvalue weighted by atomic mass is 10.1. The van der Waals surface area contributed by atoms with E-state index in [1.165, 1.54) is 10.9 Å². The standard InChI is InChI=1S/C17H15Br2NO/c1-10-12-6-3-4-9-15(12)21-17(10)11(2)20-16-13(18)7-5-8-14(16)19/h3-9,11,20H,1-2H3. The van der Waals surface area contributed by atoms with Crippen molar-refractivity contribution in [1.82, 2.24) is 0 Å². The minimum absolute atomic E-state index is 0.0763. The van der Waals surface area contributed by atoms with Gasteiger partial charge in [0.1, 0.15) is 11.3 Å². The third-order valence-electron chi connectivity index (χ3n) is 3.60. The normalized spacial score (nSPS) is 12.6. The van der Waals surface area contributed by atoms with Crippen molar-refractivity contribution in [3.8, 4) is 0 Å². The van der Waals surface area contributed by atoms with Crippen molar-refractivity contribution in [2.75, 3.05) is 5.32 Å². The molecular weight excluding hydrogens is 394 g/mol. The molecule has 108 valence electrons. The predicted molar refractivity (Wildman–Crippen MR) is 94.8 cm³/mol. The number of benzene rings is 2. The highest BCUT2D eigenvalue weighted by molar-refractivity contribution is 9.11. The molecule has 1 aromatic heterocycles. The van der Waals surface area contributed by atoms with Gasteiger partial charge < -0.3 is 9.73 Å². The maximum Gasteiger partial charge on any atom is 0.134 e. The first-order chi connectivity index (χ1) is 10.1. The number of para-hydroxylation sites is 2. The van der Waals surface area contributed by atoms with Crippen LogP contribution in [0.3, 0.4) is 0 Å². The number of anilines is 1. The second kappa shape index (κ2) is 5.85. The van der Waals surface area contributed by atoms with E-state index in [2.05, 4.69) is 57.1 Å². The second-order valence-corrected chi connectivity index (χ2v) is 6.76. The van der Waals surface area contributed by atoms with Gasteiger partial charge in [-0.15, -0.1) is 0 Å².